The Hall–Kier alpha value is -0.890. The lowest BCUT2D eigenvalue weighted by molar-refractivity contribution is 0.600. The molecule has 0 radical (unpaired) electrons. The number of rotatable bonds is 3. The summed E-state index contributed by atoms with van der Waals surface area (Å²) < 4.78 is 39.9. The van der Waals surface area contributed by atoms with Gasteiger partial charge in [-0.3, -0.25) is 4.72 Å². The first-order chi connectivity index (χ1) is 9.29. The second-order valence-electron chi connectivity index (χ2n) is 3.66. The minimum Gasteiger partial charge on any atom is -0.277 e. The molecule has 0 unspecified atom stereocenters. The van der Waals surface area contributed by atoms with E-state index in [2.05, 4.69) is 25.6 Å². The molecular weight excluding hydrogens is 394 g/mol. The summed E-state index contributed by atoms with van der Waals surface area (Å²) in [5.74, 6) is -0.586. The number of pyridine rings is 1. The van der Waals surface area contributed by atoms with E-state index in [-0.39, 0.29) is 25.2 Å². The van der Waals surface area contributed by atoms with Crippen LogP contribution >= 0.6 is 39.1 Å². The van der Waals surface area contributed by atoms with Gasteiger partial charge in [0.05, 0.1) is 15.6 Å². The van der Waals surface area contributed by atoms with Crippen LogP contribution in [0.25, 0.3) is 0 Å². The number of benzene rings is 1. The summed E-state index contributed by atoms with van der Waals surface area (Å²) in [6.07, 6.45) is 1.26. The highest BCUT2D eigenvalue weighted by atomic mass is 79.9. The molecule has 1 aromatic heterocycles. The molecule has 9 heteroatoms. The van der Waals surface area contributed by atoms with Crippen LogP contribution in [0.15, 0.2) is 39.8 Å². The van der Waals surface area contributed by atoms with Crippen LogP contribution in [0.4, 0.5) is 10.1 Å². The molecule has 0 saturated heterocycles. The third-order valence-electron chi connectivity index (χ3n) is 2.25. The number of hydrogen-bond donors (Lipinski definition) is 1. The van der Waals surface area contributed by atoms with Crippen molar-refractivity contribution >= 4 is 54.8 Å². The van der Waals surface area contributed by atoms with Crippen LogP contribution in [0, 0.1) is 5.82 Å². The molecule has 2 rings (SSSR count). The van der Waals surface area contributed by atoms with Crippen molar-refractivity contribution in [2.45, 2.75) is 4.90 Å². The maximum absolute atomic E-state index is 13.1. The molecule has 0 fully saturated rings. The molecule has 1 N–H and O–H groups in total. The highest BCUT2D eigenvalue weighted by Gasteiger charge is 2.19. The Morgan fingerprint density at radius 2 is 1.95 bits per heavy atom. The third-order valence-corrected chi connectivity index (χ3v) is 4.73. The molecule has 0 saturated carbocycles. The van der Waals surface area contributed by atoms with Gasteiger partial charge in [0.2, 0.25) is 0 Å². The summed E-state index contributed by atoms with van der Waals surface area (Å²) in [6, 6.07) is 4.57. The molecule has 0 aliphatic heterocycles. The van der Waals surface area contributed by atoms with E-state index in [0.29, 0.717) is 0 Å². The predicted molar refractivity (Wildman–Crippen MR) is 79.2 cm³/mol. The average Bonchev–Trinajstić information content (AvgIpc) is 2.34. The topological polar surface area (TPSA) is 59.1 Å². The normalized spacial score (nSPS) is 11.4. The number of hydrogen-bond acceptors (Lipinski definition) is 3. The first-order valence-corrected chi connectivity index (χ1v) is 8.12. The number of nitrogens with zero attached hydrogens (tertiary/aromatic N) is 1. The zero-order valence-corrected chi connectivity index (χ0v) is 13.5. The predicted octanol–water partition coefficient (Wildman–Crippen LogP) is 4.09. The van der Waals surface area contributed by atoms with E-state index >= 15 is 0 Å². The zero-order valence-electron chi connectivity index (χ0n) is 9.57. The lowest BCUT2D eigenvalue weighted by Crippen LogP contribution is -2.14. The van der Waals surface area contributed by atoms with Crippen LogP contribution in [0.2, 0.25) is 10.2 Å². The molecule has 0 aliphatic carbocycles. The quantitative estimate of drug-likeness (QED) is 0.790. The number of nitrogens with one attached hydrogen (secondary N) is 1. The maximum Gasteiger partial charge on any atom is 0.262 e. The Balaban J connectivity index is 2.44. The van der Waals surface area contributed by atoms with Gasteiger partial charge in [0.15, 0.2) is 0 Å². The van der Waals surface area contributed by atoms with Crippen molar-refractivity contribution in [1.82, 2.24) is 4.98 Å². The van der Waals surface area contributed by atoms with Crippen molar-refractivity contribution in [3.63, 3.8) is 0 Å². The number of halogens is 4. The fourth-order valence-electron chi connectivity index (χ4n) is 1.38. The van der Waals surface area contributed by atoms with Crippen LogP contribution in [-0.4, -0.2) is 13.4 Å². The summed E-state index contributed by atoms with van der Waals surface area (Å²) >= 11 is 14.5. The van der Waals surface area contributed by atoms with Gasteiger partial charge >= 0.3 is 0 Å². The molecule has 20 heavy (non-hydrogen) atoms. The zero-order chi connectivity index (χ0) is 14.9. The molecule has 0 spiro atoms. The highest BCUT2D eigenvalue weighted by molar-refractivity contribution is 9.10. The highest BCUT2D eigenvalue weighted by Crippen LogP contribution is 2.33. The molecule has 1 heterocycles. The van der Waals surface area contributed by atoms with Crippen molar-refractivity contribution in [3.05, 3.63) is 50.9 Å². The second-order valence-corrected chi connectivity index (χ2v) is 7.00. The van der Waals surface area contributed by atoms with Gasteiger partial charge in [-0.15, -0.1) is 0 Å². The molecule has 4 nitrogen and oxygen atoms in total. The van der Waals surface area contributed by atoms with Crippen LogP contribution in [-0.2, 0) is 10.0 Å². The van der Waals surface area contributed by atoms with Gasteiger partial charge in [-0.05, 0) is 40.2 Å². The van der Waals surface area contributed by atoms with Crippen LogP contribution < -0.4 is 4.72 Å². The number of sulfonamides is 1. The lowest BCUT2D eigenvalue weighted by Gasteiger charge is -2.11. The van der Waals surface area contributed by atoms with E-state index in [0.717, 1.165) is 12.1 Å². The standard InChI is InChI=1S/C11H6BrCl2FN2O2S/c12-8-3-6(15)4-9(13)11(8)17-20(18,19)7-1-2-16-10(14)5-7/h1-5,17H. The summed E-state index contributed by atoms with van der Waals surface area (Å²) in [6.45, 7) is 0. The monoisotopic (exact) mass is 398 g/mol. The molecular formula is C11H6BrCl2FN2O2S. The summed E-state index contributed by atoms with van der Waals surface area (Å²) in [7, 11) is -3.91. The van der Waals surface area contributed by atoms with Gasteiger partial charge in [-0.2, -0.15) is 0 Å². The van der Waals surface area contributed by atoms with Gasteiger partial charge in [0.25, 0.3) is 10.0 Å². The van der Waals surface area contributed by atoms with Gasteiger partial charge < -0.3 is 0 Å². The summed E-state index contributed by atoms with van der Waals surface area (Å²) in [4.78, 5) is 3.62. The Labute approximate surface area is 133 Å². The van der Waals surface area contributed by atoms with Crippen molar-refractivity contribution < 1.29 is 12.8 Å². The van der Waals surface area contributed by atoms with E-state index in [4.69, 9.17) is 23.2 Å². The molecule has 0 amide bonds. The smallest absolute Gasteiger partial charge is 0.262 e. The Bertz CT molecular complexity index is 748. The van der Waals surface area contributed by atoms with Crippen molar-refractivity contribution in [2.75, 3.05) is 4.72 Å². The Morgan fingerprint density at radius 1 is 1.25 bits per heavy atom. The van der Waals surface area contributed by atoms with E-state index < -0.39 is 15.8 Å². The van der Waals surface area contributed by atoms with Crippen molar-refractivity contribution in [1.29, 1.82) is 0 Å². The van der Waals surface area contributed by atoms with Gasteiger partial charge in [0, 0.05) is 10.7 Å². The SMILES string of the molecule is O=S(=O)(Nc1c(Cl)cc(F)cc1Br)c1ccnc(Cl)c1. The minimum atomic E-state index is -3.91. The fourth-order valence-corrected chi connectivity index (χ4v) is 3.82. The number of anilines is 1. The third kappa shape index (κ3) is 3.41. The maximum atomic E-state index is 13.1. The Kier molecular flexibility index (Phi) is 4.53. The Morgan fingerprint density at radius 3 is 2.55 bits per heavy atom. The van der Waals surface area contributed by atoms with Crippen LogP contribution in [0.3, 0.4) is 0 Å². The lowest BCUT2D eigenvalue weighted by atomic mass is 10.3. The molecule has 2 aromatic rings. The molecule has 106 valence electrons. The average molecular weight is 400 g/mol. The largest absolute Gasteiger partial charge is 0.277 e. The van der Waals surface area contributed by atoms with Crippen molar-refractivity contribution in [2.24, 2.45) is 0 Å². The summed E-state index contributed by atoms with van der Waals surface area (Å²) in [5.41, 5.74) is 0.0426. The molecule has 1 aromatic carbocycles. The number of aromatic nitrogens is 1. The van der Waals surface area contributed by atoms with Crippen LogP contribution in [0.5, 0.6) is 0 Å². The minimum absolute atomic E-state index is 0.0390. The molecule has 0 atom stereocenters. The van der Waals surface area contributed by atoms with E-state index in [1.807, 2.05) is 0 Å². The van der Waals surface area contributed by atoms with Crippen molar-refractivity contribution in [3.8, 4) is 0 Å². The second kappa shape index (κ2) is 5.85. The van der Waals surface area contributed by atoms with Gasteiger partial charge in [0.1, 0.15) is 11.0 Å². The fraction of sp³-hybridized carbons (Fsp3) is 0. The van der Waals surface area contributed by atoms with Gasteiger partial charge in [-0.1, -0.05) is 23.2 Å². The molecule has 0 aliphatic rings. The van der Waals surface area contributed by atoms with Crippen LogP contribution in [0.1, 0.15) is 0 Å². The first kappa shape index (κ1) is 15.5. The van der Waals surface area contributed by atoms with E-state index in [1.54, 1.807) is 0 Å². The molecule has 0 bridgehead atoms. The van der Waals surface area contributed by atoms with Gasteiger partial charge in [-0.25, -0.2) is 17.8 Å². The first-order valence-electron chi connectivity index (χ1n) is 5.08. The van der Waals surface area contributed by atoms with E-state index in [1.165, 1.54) is 18.3 Å². The van der Waals surface area contributed by atoms with E-state index in [9.17, 15) is 12.8 Å². The summed E-state index contributed by atoms with van der Waals surface area (Å²) in [5, 5.41) is -0.0299.